The number of hydrogen-bond acceptors (Lipinski definition) is 2. The first kappa shape index (κ1) is 12.5. The highest BCUT2D eigenvalue weighted by molar-refractivity contribution is 5.93. The van der Waals surface area contributed by atoms with Gasteiger partial charge in [0.05, 0.1) is 11.8 Å². The van der Waals surface area contributed by atoms with E-state index in [0.717, 1.165) is 18.4 Å². The van der Waals surface area contributed by atoms with Gasteiger partial charge in [-0.15, -0.1) is 0 Å². The SMILES string of the molecule is O=C(NCCCc1c[nH]c2ccccc12)c1ccoc1. The van der Waals surface area contributed by atoms with Gasteiger partial charge in [0, 0.05) is 23.6 Å². The number of nitrogens with one attached hydrogen (secondary N) is 2. The van der Waals surface area contributed by atoms with Crippen LogP contribution < -0.4 is 5.32 Å². The first-order chi connectivity index (χ1) is 9.84. The Kier molecular flexibility index (Phi) is 3.54. The van der Waals surface area contributed by atoms with Crippen molar-refractivity contribution in [2.24, 2.45) is 0 Å². The van der Waals surface area contributed by atoms with E-state index in [4.69, 9.17) is 4.42 Å². The molecule has 4 heteroatoms. The molecule has 2 N–H and O–H groups in total. The zero-order valence-electron chi connectivity index (χ0n) is 11.1. The Morgan fingerprint density at radius 3 is 3.00 bits per heavy atom. The van der Waals surface area contributed by atoms with Gasteiger partial charge in [0.2, 0.25) is 0 Å². The van der Waals surface area contributed by atoms with Gasteiger partial charge in [-0.2, -0.15) is 0 Å². The summed E-state index contributed by atoms with van der Waals surface area (Å²) in [5.74, 6) is -0.0855. The first-order valence-electron chi connectivity index (χ1n) is 6.70. The Hall–Kier alpha value is -2.49. The van der Waals surface area contributed by atoms with Crippen LogP contribution in [0.2, 0.25) is 0 Å². The number of aromatic nitrogens is 1. The van der Waals surface area contributed by atoms with E-state index >= 15 is 0 Å². The van der Waals surface area contributed by atoms with E-state index in [2.05, 4.69) is 22.4 Å². The summed E-state index contributed by atoms with van der Waals surface area (Å²) >= 11 is 0. The second kappa shape index (κ2) is 5.65. The van der Waals surface area contributed by atoms with Crippen molar-refractivity contribution in [2.45, 2.75) is 12.8 Å². The third-order valence-corrected chi connectivity index (χ3v) is 3.37. The maximum Gasteiger partial charge on any atom is 0.254 e. The predicted molar refractivity (Wildman–Crippen MR) is 77.7 cm³/mol. The summed E-state index contributed by atoms with van der Waals surface area (Å²) in [7, 11) is 0. The number of aryl methyl sites for hydroxylation is 1. The highest BCUT2D eigenvalue weighted by Crippen LogP contribution is 2.18. The first-order valence-corrected chi connectivity index (χ1v) is 6.70. The fourth-order valence-corrected chi connectivity index (χ4v) is 2.31. The molecule has 0 aliphatic heterocycles. The van der Waals surface area contributed by atoms with Crippen molar-refractivity contribution in [3.8, 4) is 0 Å². The smallest absolute Gasteiger partial charge is 0.254 e. The fourth-order valence-electron chi connectivity index (χ4n) is 2.31. The van der Waals surface area contributed by atoms with Gasteiger partial charge in [-0.25, -0.2) is 0 Å². The van der Waals surface area contributed by atoms with Crippen molar-refractivity contribution >= 4 is 16.8 Å². The number of carbonyl (C=O) groups is 1. The zero-order chi connectivity index (χ0) is 13.8. The molecule has 0 spiro atoms. The largest absolute Gasteiger partial charge is 0.472 e. The number of fused-ring (bicyclic) bond motifs is 1. The molecule has 1 amide bonds. The molecule has 0 fully saturated rings. The minimum Gasteiger partial charge on any atom is -0.472 e. The molecule has 3 rings (SSSR count). The highest BCUT2D eigenvalue weighted by Gasteiger charge is 2.06. The number of hydrogen-bond donors (Lipinski definition) is 2. The molecule has 102 valence electrons. The van der Waals surface area contributed by atoms with Crippen LogP contribution in [0.5, 0.6) is 0 Å². The number of furan rings is 1. The Morgan fingerprint density at radius 1 is 1.25 bits per heavy atom. The lowest BCUT2D eigenvalue weighted by molar-refractivity contribution is 0.0952. The standard InChI is InChI=1S/C16H16N2O2/c19-16(13-7-9-20-11-13)17-8-3-4-12-10-18-15-6-2-1-5-14(12)15/h1-2,5-7,9-11,18H,3-4,8H2,(H,17,19). The minimum atomic E-state index is -0.0855. The molecule has 0 saturated heterocycles. The van der Waals surface area contributed by atoms with Gasteiger partial charge >= 0.3 is 0 Å². The topological polar surface area (TPSA) is 58.0 Å². The van der Waals surface area contributed by atoms with Crippen LogP contribution in [-0.4, -0.2) is 17.4 Å². The molecule has 0 bridgehead atoms. The summed E-state index contributed by atoms with van der Waals surface area (Å²) in [4.78, 5) is 15.0. The van der Waals surface area contributed by atoms with E-state index in [0.29, 0.717) is 12.1 Å². The molecule has 0 atom stereocenters. The molecule has 0 aliphatic rings. The molecule has 2 aromatic heterocycles. The van der Waals surface area contributed by atoms with Gasteiger partial charge in [0.15, 0.2) is 0 Å². The minimum absolute atomic E-state index is 0.0855. The van der Waals surface area contributed by atoms with Crippen LogP contribution in [0.25, 0.3) is 10.9 Å². The summed E-state index contributed by atoms with van der Waals surface area (Å²) in [5.41, 5.74) is 3.01. The molecule has 0 unspecified atom stereocenters. The van der Waals surface area contributed by atoms with Crippen LogP contribution in [0, 0.1) is 0 Å². The van der Waals surface area contributed by atoms with Gasteiger partial charge in [-0.1, -0.05) is 18.2 Å². The monoisotopic (exact) mass is 268 g/mol. The van der Waals surface area contributed by atoms with Gasteiger partial charge in [0.25, 0.3) is 5.91 Å². The van der Waals surface area contributed by atoms with Crippen molar-refractivity contribution in [1.29, 1.82) is 0 Å². The number of H-pyrrole nitrogens is 1. The summed E-state index contributed by atoms with van der Waals surface area (Å²) in [6.07, 6.45) is 6.85. The summed E-state index contributed by atoms with van der Waals surface area (Å²) in [6, 6.07) is 9.91. The van der Waals surface area contributed by atoms with Crippen LogP contribution in [-0.2, 0) is 6.42 Å². The number of aromatic amines is 1. The summed E-state index contributed by atoms with van der Waals surface area (Å²) in [6.45, 7) is 0.656. The second-order valence-corrected chi connectivity index (χ2v) is 4.73. The van der Waals surface area contributed by atoms with Gasteiger partial charge in [0.1, 0.15) is 6.26 Å². The van der Waals surface area contributed by atoms with Crippen LogP contribution >= 0.6 is 0 Å². The fraction of sp³-hybridized carbons (Fsp3) is 0.188. The Morgan fingerprint density at radius 2 is 2.15 bits per heavy atom. The molecule has 20 heavy (non-hydrogen) atoms. The number of amides is 1. The Balaban J connectivity index is 1.52. The second-order valence-electron chi connectivity index (χ2n) is 4.73. The zero-order valence-corrected chi connectivity index (χ0v) is 11.1. The highest BCUT2D eigenvalue weighted by atomic mass is 16.3. The lowest BCUT2D eigenvalue weighted by Gasteiger charge is -2.03. The van der Waals surface area contributed by atoms with Gasteiger partial charge < -0.3 is 14.7 Å². The van der Waals surface area contributed by atoms with E-state index in [1.807, 2.05) is 18.3 Å². The maximum absolute atomic E-state index is 11.7. The van der Waals surface area contributed by atoms with E-state index in [1.165, 1.54) is 23.5 Å². The normalized spacial score (nSPS) is 10.8. The van der Waals surface area contributed by atoms with Crippen molar-refractivity contribution in [1.82, 2.24) is 10.3 Å². The lowest BCUT2D eigenvalue weighted by Crippen LogP contribution is -2.24. The number of benzene rings is 1. The van der Waals surface area contributed by atoms with E-state index in [-0.39, 0.29) is 5.91 Å². The van der Waals surface area contributed by atoms with Crippen molar-refractivity contribution in [3.63, 3.8) is 0 Å². The molecule has 0 radical (unpaired) electrons. The molecule has 1 aromatic carbocycles. The van der Waals surface area contributed by atoms with E-state index < -0.39 is 0 Å². The average Bonchev–Trinajstić information content (AvgIpc) is 3.13. The number of rotatable bonds is 5. The third kappa shape index (κ3) is 2.59. The number of carbonyl (C=O) groups excluding carboxylic acids is 1. The summed E-state index contributed by atoms with van der Waals surface area (Å²) < 4.78 is 4.88. The molecule has 4 nitrogen and oxygen atoms in total. The Bertz CT molecular complexity index is 698. The quantitative estimate of drug-likeness (QED) is 0.698. The van der Waals surface area contributed by atoms with E-state index in [9.17, 15) is 4.79 Å². The van der Waals surface area contributed by atoms with Crippen LogP contribution in [0.4, 0.5) is 0 Å². The van der Waals surface area contributed by atoms with Crippen molar-refractivity contribution < 1.29 is 9.21 Å². The van der Waals surface area contributed by atoms with Gasteiger partial charge in [-0.3, -0.25) is 4.79 Å². The van der Waals surface area contributed by atoms with Crippen LogP contribution in [0.15, 0.2) is 53.5 Å². The van der Waals surface area contributed by atoms with E-state index in [1.54, 1.807) is 6.07 Å². The number of para-hydroxylation sites is 1. The molecule has 0 saturated carbocycles. The summed E-state index contributed by atoms with van der Waals surface area (Å²) in [5, 5.41) is 4.14. The average molecular weight is 268 g/mol. The predicted octanol–water partition coefficient (Wildman–Crippen LogP) is 3.12. The Labute approximate surface area is 116 Å². The van der Waals surface area contributed by atoms with Crippen LogP contribution in [0.1, 0.15) is 22.3 Å². The molecule has 2 heterocycles. The molecule has 0 aliphatic carbocycles. The molecule has 3 aromatic rings. The van der Waals surface area contributed by atoms with Crippen LogP contribution in [0.3, 0.4) is 0 Å². The lowest BCUT2D eigenvalue weighted by atomic mass is 10.1. The third-order valence-electron chi connectivity index (χ3n) is 3.37. The molecular weight excluding hydrogens is 252 g/mol. The molecular formula is C16H16N2O2. The van der Waals surface area contributed by atoms with Gasteiger partial charge in [-0.05, 0) is 30.5 Å². The van der Waals surface area contributed by atoms with Crippen molar-refractivity contribution in [2.75, 3.05) is 6.54 Å². The van der Waals surface area contributed by atoms with Crippen molar-refractivity contribution in [3.05, 3.63) is 60.2 Å². The maximum atomic E-state index is 11.7.